The van der Waals surface area contributed by atoms with Gasteiger partial charge in [-0.2, -0.15) is 0 Å². The number of carboxylic acids is 1. The van der Waals surface area contributed by atoms with Crippen molar-refractivity contribution in [2.45, 2.75) is 43.4 Å². The van der Waals surface area contributed by atoms with Crippen LogP contribution < -0.4 is 0 Å². The zero-order valence-corrected chi connectivity index (χ0v) is 20.1. The van der Waals surface area contributed by atoms with Gasteiger partial charge in [0.2, 0.25) is 6.29 Å². The lowest BCUT2D eigenvalue weighted by molar-refractivity contribution is -0.339. The van der Waals surface area contributed by atoms with E-state index in [-0.39, 0.29) is 30.1 Å². The molecule has 0 aliphatic carbocycles. The summed E-state index contributed by atoms with van der Waals surface area (Å²) in [6.07, 6.45) is -4.16. The molecule has 2 aliphatic heterocycles. The fourth-order valence-corrected chi connectivity index (χ4v) is 4.13. The van der Waals surface area contributed by atoms with E-state index in [2.05, 4.69) is 6.58 Å². The van der Waals surface area contributed by atoms with Crippen LogP contribution in [0, 0.1) is 11.8 Å². The molecule has 2 aliphatic rings. The molecule has 6 unspecified atom stereocenters. The fourth-order valence-electron chi connectivity index (χ4n) is 4.13. The predicted molar refractivity (Wildman–Crippen MR) is 127 cm³/mol. The largest absolute Gasteiger partial charge is 0.504 e. The number of aliphatic carboxylic acids is 1. The van der Waals surface area contributed by atoms with Crippen molar-refractivity contribution in [1.82, 2.24) is 0 Å². The third-order valence-corrected chi connectivity index (χ3v) is 6.23. The molecule has 7 N–H and O–H groups in total. The summed E-state index contributed by atoms with van der Waals surface area (Å²) in [6, 6.07) is 3.97. The SMILES string of the molecule is C=C[C@H]1C(OC2OC(CO)C(O)C(O)C2O)OC=C(C(=O)O)[C@H]1CCOC(=O)/C=C/c1ccc(O)c(O)c1. The Balaban J connectivity index is 1.65. The van der Waals surface area contributed by atoms with Gasteiger partial charge in [0, 0.05) is 17.9 Å². The van der Waals surface area contributed by atoms with E-state index >= 15 is 0 Å². The molecule has 0 saturated carbocycles. The van der Waals surface area contributed by atoms with Crippen LogP contribution in [0.3, 0.4) is 0 Å². The zero-order chi connectivity index (χ0) is 28.0. The molecule has 208 valence electrons. The first kappa shape index (κ1) is 29.1. The number of aromatic hydroxyl groups is 2. The molecule has 2 heterocycles. The molecule has 38 heavy (non-hydrogen) atoms. The zero-order valence-electron chi connectivity index (χ0n) is 20.1. The fraction of sp³-hybridized carbons (Fsp3) is 0.440. The van der Waals surface area contributed by atoms with E-state index in [1.165, 1.54) is 30.4 Å². The summed E-state index contributed by atoms with van der Waals surface area (Å²) in [4.78, 5) is 23.9. The minimum atomic E-state index is -1.70. The Morgan fingerprint density at radius 1 is 1.05 bits per heavy atom. The normalized spacial score (nSPS) is 31.3. The highest BCUT2D eigenvalue weighted by atomic mass is 16.8. The number of phenols is 2. The second kappa shape index (κ2) is 12.9. The highest BCUT2D eigenvalue weighted by Crippen LogP contribution is 2.36. The minimum Gasteiger partial charge on any atom is -0.504 e. The molecule has 13 nitrogen and oxygen atoms in total. The van der Waals surface area contributed by atoms with Crippen molar-refractivity contribution < 1.29 is 64.3 Å². The molecule has 13 heteroatoms. The van der Waals surface area contributed by atoms with Gasteiger partial charge in [0.05, 0.1) is 25.0 Å². The molecule has 0 aromatic heterocycles. The second-order valence-electron chi connectivity index (χ2n) is 8.67. The number of carbonyl (C=O) groups is 2. The molecule has 0 radical (unpaired) electrons. The molecule has 1 fully saturated rings. The Bertz CT molecular complexity index is 1070. The lowest BCUT2D eigenvalue weighted by Gasteiger charge is -2.43. The molecule has 0 spiro atoms. The number of benzene rings is 1. The maximum Gasteiger partial charge on any atom is 0.334 e. The van der Waals surface area contributed by atoms with Crippen molar-refractivity contribution in [3.63, 3.8) is 0 Å². The maximum absolute atomic E-state index is 12.1. The number of ether oxygens (including phenoxy) is 4. The van der Waals surface area contributed by atoms with Crippen molar-refractivity contribution >= 4 is 18.0 Å². The molecule has 1 aromatic rings. The summed E-state index contributed by atoms with van der Waals surface area (Å²) >= 11 is 0. The van der Waals surface area contributed by atoms with Gasteiger partial charge in [-0.3, -0.25) is 0 Å². The summed E-state index contributed by atoms with van der Waals surface area (Å²) in [6.45, 7) is 2.83. The van der Waals surface area contributed by atoms with Crippen LogP contribution in [0.15, 0.2) is 48.8 Å². The first-order valence-corrected chi connectivity index (χ1v) is 11.6. The van der Waals surface area contributed by atoms with Gasteiger partial charge in [0.15, 0.2) is 17.8 Å². The van der Waals surface area contributed by atoms with E-state index in [1.807, 2.05) is 0 Å². The number of hydrogen-bond donors (Lipinski definition) is 7. The standard InChI is InChI=1S/C25H30O13/c1-2-13-14(7-8-35-19(29)6-4-12-3-5-16(27)17(28)9-12)15(23(33)34)11-36-24(13)38-25-22(32)21(31)20(30)18(10-26)37-25/h2-6,9,11,13-14,18,20-22,24-28,30-32H,1,7-8,10H2,(H,33,34)/b6-4+/t13-,14+,18?,20?,21?,22?,24?,25?/m1/s1. The van der Waals surface area contributed by atoms with Crippen LogP contribution in [-0.2, 0) is 28.5 Å². The van der Waals surface area contributed by atoms with E-state index in [0.717, 1.165) is 12.3 Å². The van der Waals surface area contributed by atoms with Crippen LogP contribution in [0.2, 0.25) is 0 Å². The smallest absolute Gasteiger partial charge is 0.334 e. The summed E-state index contributed by atoms with van der Waals surface area (Å²) in [5, 5.41) is 68.1. The number of esters is 1. The van der Waals surface area contributed by atoms with Gasteiger partial charge >= 0.3 is 11.9 Å². The van der Waals surface area contributed by atoms with Gasteiger partial charge in [-0.15, -0.1) is 6.58 Å². The Hall–Kier alpha value is -3.46. The average Bonchev–Trinajstić information content (AvgIpc) is 2.89. The number of phenolic OH excluding ortho intramolecular Hbond substituents is 2. The highest BCUT2D eigenvalue weighted by molar-refractivity contribution is 5.88. The third-order valence-electron chi connectivity index (χ3n) is 6.23. The van der Waals surface area contributed by atoms with Crippen molar-refractivity contribution in [3.8, 4) is 11.5 Å². The number of hydrogen-bond acceptors (Lipinski definition) is 12. The second-order valence-corrected chi connectivity index (χ2v) is 8.67. The van der Waals surface area contributed by atoms with Gasteiger partial charge < -0.3 is 54.7 Å². The summed E-state index contributed by atoms with van der Waals surface area (Å²) < 4.78 is 21.6. The van der Waals surface area contributed by atoms with E-state index < -0.39 is 67.4 Å². The lowest BCUT2D eigenvalue weighted by atomic mass is 9.82. The Labute approximate surface area is 217 Å². The molecule has 1 saturated heterocycles. The van der Waals surface area contributed by atoms with Crippen LogP contribution in [0.5, 0.6) is 11.5 Å². The minimum absolute atomic E-state index is 0.0201. The van der Waals surface area contributed by atoms with Gasteiger partial charge in [-0.25, -0.2) is 9.59 Å². The molecule has 0 bridgehead atoms. The van der Waals surface area contributed by atoms with E-state index in [4.69, 9.17) is 18.9 Å². The molecule has 8 atom stereocenters. The first-order chi connectivity index (χ1) is 18.1. The molecule has 3 rings (SSSR count). The van der Waals surface area contributed by atoms with Crippen LogP contribution in [-0.4, -0.2) is 97.9 Å². The van der Waals surface area contributed by atoms with Crippen molar-refractivity contribution in [1.29, 1.82) is 0 Å². The average molecular weight is 539 g/mol. The van der Waals surface area contributed by atoms with E-state index in [1.54, 1.807) is 0 Å². The van der Waals surface area contributed by atoms with Crippen LogP contribution in [0.25, 0.3) is 6.08 Å². The number of aliphatic hydroxyl groups excluding tert-OH is 4. The number of carboxylic acid groups (broad SMARTS) is 1. The number of rotatable bonds is 10. The van der Waals surface area contributed by atoms with Crippen LogP contribution >= 0.6 is 0 Å². The molecular weight excluding hydrogens is 508 g/mol. The summed E-state index contributed by atoms with van der Waals surface area (Å²) in [7, 11) is 0. The third kappa shape index (κ3) is 6.69. The van der Waals surface area contributed by atoms with Gasteiger partial charge in [-0.05, 0) is 30.2 Å². The lowest BCUT2D eigenvalue weighted by Crippen LogP contribution is -2.60. The van der Waals surface area contributed by atoms with E-state index in [9.17, 15) is 45.3 Å². The number of carbonyl (C=O) groups excluding carboxylic acids is 1. The van der Waals surface area contributed by atoms with E-state index in [0.29, 0.717) is 5.56 Å². The van der Waals surface area contributed by atoms with Crippen LogP contribution in [0.4, 0.5) is 0 Å². The van der Waals surface area contributed by atoms with Crippen molar-refractivity contribution in [3.05, 3.63) is 54.3 Å². The Morgan fingerprint density at radius 3 is 2.42 bits per heavy atom. The summed E-state index contributed by atoms with van der Waals surface area (Å²) in [5.41, 5.74) is 0.285. The predicted octanol–water partition coefficient (Wildman–Crippen LogP) is -0.396. The number of aliphatic hydroxyl groups is 4. The molecular formula is C25H30O13. The highest BCUT2D eigenvalue weighted by Gasteiger charge is 2.47. The van der Waals surface area contributed by atoms with Crippen LogP contribution in [0.1, 0.15) is 12.0 Å². The Kier molecular flexibility index (Phi) is 9.85. The van der Waals surface area contributed by atoms with Gasteiger partial charge in [0.1, 0.15) is 24.4 Å². The molecule has 0 amide bonds. The quantitative estimate of drug-likeness (QED) is 0.0876. The monoisotopic (exact) mass is 538 g/mol. The van der Waals surface area contributed by atoms with Gasteiger partial charge in [-0.1, -0.05) is 12.1 Å². The topological polar surface area (TPSA) is 213 Å². The van der Waals surface area contributed by atoms with Crippen molar-refractivity contribution in [2.24, 2.45) is 11.8 Å². The molecule has 1 aromatic carbocycles. The Morgan fingerprint density at radius 2 is 1.79 bits per heavy atom. The van der Waals surface area contributed by atoms with Crippen molar-refractivity contribution in [2.75, 3.05) is 13.2 Å². The first-order valence-electron chi connectivity index (χ1n) is 11.6. The maximum atomic E-state index is 12.1. The summed E-state index contributed by atoms with van der Waals surface area (Å²) in [5.74, 6) is -4.33. The van der Waals surface area contributed by atoms with Gasteiger partial charge in [0.25, 0.3) is 0 Å².